The summed E-state index contributed by atoms with van der Waals surface area (Å²) in [5.41, 5.74) is -0.556. The molecular weight excluding hydrogens is 296 g/mol. The molecule has 23 heavy (non-hydrogen) atoms. The molecule has 2 amide bonds. The summed E-state index contributed by atoms with van der Waals surface area (Å²) in [5, 5.41) is 5.73. The quantitative estimate of drug-likeness (QED) is 0.785. The van der Waals surface area contributed by atoms with Crippen LogP contribution in [0.15, 0.2) is 0 Å². The number of alkyl carbamates (subject to hydrolysis) is 1. The third-order valence-corrected chi connectivity index (χ3v) is 3.83. The van der Waals surface area contributed by atoms with E-state index in [4.69, 9.17) is 9.47 Å². The Morgan fingerprint density at radius 2 is 1.91 bits per heavy atom. The van der Waals surface area contributed by atoms with Gasteiger partial charge in [0.2, 0.25) is 5.91 Å². The highest BCUT2D eigenvalue weighted by Crippen LogP contribution is 2.18. The second-order valence-electron chi connectivity index (χ2n) is 7.58. The Balaban J connectivity index is 2.54. The molecule has 0 saturated carbocycles. The molecule has 1 saturated heterocycles. The van der Waals surface area contributed by atoms with E-state index in [-0.39, 0.29) is 29.9 Å². The van der Waals surface area contributed by atoms with Crippen LogP contribution in [0.5, 0.6) is 0 Å². The first-order valence-electron chi connectivity index (χ1n) is 8.49. The Morgan fingerprint density at radius 3 is 2.39 bits per heavy atom. The van der Waals surface area contributed by atoms with E-state index >= 15 is 0 Å². The van der Waals surface area contributed by atoms with Gasteiger partial charge in [-0.3, -0.25) is 4.79 Å². The molecule has 0 aromatic heterocycles. The van der Waals surface area contributed by atoms with Crippen molar-refractivity contribution in [3.05, 3.63) is 0 Å². The van der Waals surface area contributed by atoms with Gasteiger partial charge in [0.05, 0.1) is 12.0 Å². The molecule has 0 aromatic rings. The molecule has 0 radical (unpaired) electrons. The Hall–Kier alpha value is -1.30. The molecular formula is C17H32N2O4. The minimum Gasteiger partial charge on any atom is -0.444 e. The third kappa shape index (κ3) is 7.20. The smallest absolute Gasteiger partial charge is 0.407 e. The van der Waals surface area contributed by atoms with E-state index in [0.717, 1.165) is 19.4 Å². The number of carbonyl (C=O) groups is 2. The molecule has 1 aliphatic rings. The Bertz CT molecular complexity index is 398. The van der Waals surface area contributed by atoms with Crippen molar-refractivity contribution in [3.8, 4) is 0 Å². The zero-order chi connectivity index (χ0) is 17.6. The molecule has 1 heterocycles. The monoisotopic (exact) mass is 328 g/mol. The number of carbonyl (C=O) groups excluding carboxylic acids is 2. The van der Waals surface area contributed by atoms with E-state index in [2.05, 4.69) is 10.6 Å². The van der Waals surface area contributed by atoms with Gasteiger partial charge in [0.1, 0.15) is 5.60 Å². The Labute approximate surface area is 139 Å². The van der Waals surface area contributed by atoms with Crippen molar-refractivity contribution in [2.24, 2.45) is 11.8 Å². The van der Waals surface area contributed by atoms with Gasteiger partial charge in [0.25, 0.3) is 0 Å². The molecule has 0 spiro atoms. The van der Waals surface area contributed by atoms with Gasteiger partial charge in [-0.1, -0.05) is 13.8 Å². The van der Waals surface area contributed by atoms with E-state index < -0.39 is 11.7 Å². The summed E-state index contributed by atoms with van der Waals surface area (Å²) in [4.78, 5) is 24.4. The van der Waals surface area contributed by atoms with Crippen LogP contribution in [0.1, 0.15) is 54.4 Å². The third-order valence-electron chi connectivity index (χ3n) is 3.83. The summed E-state index contributed by atoms with van der Waals surface area (Å²) in [7, 11) is 0. The van der Waals surface area contributed by atoms with Gasteiger partial charge in [-0.25, -0.2) is 4.79 Å². The molecule has 0 aromatic carbocycles. The van der Waals surface area contributed by atoms with Crippen molar-refractivity contribution < 1.29 is 19.1 Å². The van der Waals surface area contributed by atoms with E-state index in [0.29, 0.717) is 6.54 Å². The van der Waals surface area contributed by atoms with Gasteiger partial charge in [0, 0.05) is 19.2 Å². The van der Waals surface area contributed by atoms with Crippen LogP contribution in [0.4, 0.5) is 4.79 Å². The van der Waals surface area contributed by atoms with Crippen LogP contribution in [0.3, 0.4) is 0 Å². The summed E-state index contributed by atoms with van der Waals surface area (Å²) in [5.74, 6) is -0.271. The molecule has 1 aliphatic heterocycles. The van der Waals surface area contributed by atoms with Crippen molar-refractivity contribution in [2.75, 3.05) is 13.2 Å². The molecule has 0 bridgehead atoms. The first-order chi connectivity index (χ1) is 10.6. The fourth-order valence-corrected chi connectivity index (χ4v) is 2.83. The molecule has 134 valence electrons. The van der Waals surface area contributed by atoms with Gasteiger partial charge in [-0.2, -0.15) is 0 Å². The summed E-state index contributed by atoms with van der Waals surface area (Å²) >= 11 is 0. The molecule has 6 nitrogen and oxygen atoms in total. The largest absolute Gasteiger partial charge is 0.444 e. The first kappa shape index (κ1) is 19.7. The van der Waals surface area contributed by atoms with Crippen molar-refractivity contribution in [1.29, 1.82) is 0 Å². The van der Waals surface area contributed by atoms with Crippen LogP contribution in [0, 0.1) is 11.8 Å². The Morgan fingerprint density at radius 1 is 1.26 bits per heavy atom. The van der Waals surface area contributed by atoms with E-state index in [9.17, 15) is 9.59 Å². The first-order valence-corrected chi connectivity index (χ1v) is 8.49. The van der Waals surface area contributed by atoms with Crippen LogP contribution >= 0.6 is 0 Å². The van der Waals surface area contributed by atoms with Crippen LogP contribution in [-0.2, 0) is 14.3 Å². The molecule has 3 atom stereocenters. The lowest BCUT2D eigenvalue weighted by Gasteiger charge is -2.29. The topological polar surface area (TPSA) is 76.7 Å². The van der Waals surface area contributed by atoms with Crippen molar-refractivity contribution in [2.45, 2.75) is 72.1 Å². The zero-order valence-electron chi connectivity index (χ0n) is 15.3. The second kappa shape index (κ2) is 8.52. The molecule has 3 unspecified atom stereocenters. The lowest BCUT2D eigenvalue weighted by molar-refractivity contribution is -0.127. The van der Waals surface area contributed by atoms with Crippen LogP contribution in [0.25, 0.3) is 0 Å². The molecule has 0 aliphatic carbocycles. The maximum Gasteiger partial charge on any atom is 0.407 e. The summed E-state index contributed by atoms with van der Waals surface area (Å²) in [6.45, 7) is 12.5. The van der Waals surface area contributed by atoms with Crippen LogP contribution in [-0.4, -0.2) is 42.9 Å². The summed E-state index contributed by atoms with van der Waals surface area (Å²) in [6.07, 6.45) is 1.65. The van der Waals surface area contributed by atoms with Crippen LogP contribution < -0.4 is 10.6 Å². The van der Waals surface area contributed by atoms with Crippen molar-refractivity contribution in [1.82, 2.24) is 10.6 Å². The van der Waals surface area contributed by atoms with Crippen LogP contribution in [0.2, 0.25) is 0 Å². The predicted molar refractivity (Wildman–Crippen MR) is 89.1 cm³/mol. The lowest BCUT2D eigenvalue weighted by Crippen LogP contribution is -2.49. The second-order valence-corrected chi connectivity index (χ2v) is 7.58. The zero-order valence-corrected chi connectivity index (χ0v) is 15.3. The standard InChI is InChI=1S/C17H32N2O4/c1-11(2)14(12(3)19-16(21)23-17(4,5)6)15(20)18-10-13-8-7-9-22-13/h11-14H,7-10H2,1-6H3,(H,18,20)(H,19,21). The number of amides is 2. The van der Waals surface area contributed by atoms with Gasteiger partial charge in [-0.15, -0.1) is 0 Å². The maximum atomic E-state index is 12.5. The van der Waals surface area contributed by atoms with Gasteiger partial charge in [0.15, 0.2) is 0 Å². The number of hydrogen-bond donors (Lipinski definition) is 2. The van der Waals surface area contributed by atoms with Crippen molar-refractivity contribution >= 4 is 12.0 Å². The fraction of sp³-hybridized carbons (Fsp3) is 0.882. The number of rotatable bonds is 6. The maximum absolute atomic E-state index is 12.5. The SMILES string of the molecule is CC(C)C(C(=O)NCC1CCCO1)C(C)NC(=O)OC(C)(C)C. The average Bonchev–Trinajstić information content (AvgIpc) is 2.86. The fourth-order valence-electron chi connectivity index (χ4n) is 2.83. The normalized spacial score (nSPS) is 20.9. The van der Waals surface area contributed by atoms with E-state index in [1.165, 1.54) is 0 Å². The molecule has 2 N–H and O–H groups in total. The van der Waals surface area contributed by atoms with Crippen molar-refractivity contribution in [3.63, 3.8) is 0 Å². The number of nitrogens with one attached hydrogen (secondary N) is 2. The highest BCUT2D eigenvalue weighted by Gasteiger charge is 2.31. The number of ether oxygens (including phenoxy) is 2. The Kier molecular flexibility index (Phi) is 7.32. The van der Waals surface area contributed by atoms with E-state index in [1.807, 2.05) is 41.5 Å². The highest BCUT2D eigenvalue weighted by molar-refractivity contribution is 5.80. The lowest BCUT2D eigenvalue weighted by atomic mass is 9.88. The summed E-state index contributed by atoms with van der Waals surface area (Å²) in [6, 6.07) is -0.311. The van der Waals surface area contributed by atoms with E-state index in [1.54, 1.807) is 0 Å². The minimum absolute atomic E-state index is 0.0564. The number of hydrogen-bond acceptors (Lipinski definition) is 4. The summed E-state index contributed by atoms with van der Waals surface area (Å²) < 4.78 is 10.8. The van der Waals surface area contributed by atoms with Gasteiger partial charge >= 0.3 is 6.09 Å². The molecule has 6 heteroatoms. The van der Waals surface area contributed by atoms with Gasteiger partial charge < -0.3 is 20.1 Å². The molecule has 1 fully saturated rings. The molecule has 1 rings (SSSR count). The predicted octanol–water partition coefficient (Wildman–Crippen LogP) is 2.47. The highest BCUT2D eigenvalue weighted by atomic mass is 16.6. The van der Waals surface area contributed by atoms with Gasteiger partial charge in [-0.05, 0) is 46.5 Å². The average molecular weight is 328 g/mol. The minimum atomic E-state index is -0.556.